The predicted octanol–water partition coefficient (Wildman–Crippen LogP) is 2.51. The fraction of sp³-hybridized carbons (Fsp3) is 0.500. The molecule has 2 unspecified atom stereocenters. The molecule has 1 amide bonds. The number of nitrogens with zero attached hydrogens (tertiary/aromatic N) is 1. The number of nitrogens with one attached hydrogen (secondary N) is 1. The Bertz CT molecular complexity index is 547. The molecule has 0 aromatic carbocycles. The van der Waals surface area contributed by atoms with Crippen LogP contribution in [0.4, 0.5) is 4.79 Å². The number of hydrogen-bond donors (Lipinski definition) is 2. The number of halogens is 2. The minimum Gasteiger partial charge on any atom is -0.448 e. The number of alkyl carbamates (subject to hydrolysis) is 1. The van der Waals surface area contributed by atoms with Gasteiger partial charge in [0.05, 0.1) is 0 Å². The monoisotopic (exact) mass is 408 g/mol. The van der Waals surface area contributed by atoms with Gasteiger partial charge >= 0.3 is 12.1 Å². The zero-order chi connectivity index (χ0) is 17.6. The van der Waals surface area contributed by atoms with Gasteiger partial charge in [-0.25, -0.2) is 14.6 Å². The summed E-state index contributed by atoms with van der Waals surface area (Å²) in [5.74, 6) is -0.888. The summed E-state index contributed by atoms with van der Waals surface area (Å²) in [7, 11) is 0. The summed E-state index contributed by atoms with van der Waals surface area (Å²) >= 11 is 8.53. The Morgan fingerprint density at radius 3 is 2.57 bits per heavy atom. The minimum atomic E-state index is -1.38. The van der Waals surface area contributed by atoms with Gasteiger partial charge in [-0.3, -0.25) is 0 Å². The summed E-state index contributed by atoms with van der Waals surface area (Å²) in [6.07, 6.45) is -0.871. The third kappa shape index (κ3) is 6.72. The van der Waals surface area contributed by atoms with Gasteiger partial charge in [-0.05, 0) is 42.8 Å². The van der Waals surface area contributed by atoms with Gasteiger partial charge in [0.15, 0.2) is 12.1 Å². The smallest absolute Gasteiger partial charge is 0.408 e. The molecule has 0 spiro atoms. The quantitative estimate of drug-likeness (QED) is 0.440. The highest BCUT2D eigenvalue weighted by Crippen LogP contribution is 2.19. The summed E-state index contributed by atoms with van der Waals surface area (Å²) in [5.41, 5.74) is -0.435. The molecule has 0 fully saturated rings. The van der Waals surface area contributed by atoms with Crippen molar-refractivity contribution in [1.82, 2.24) is 10.3 Å². The Kier molecular flexibility index (Phi) is 7.24. The van der Waals surface area contributed by atoms with E-state index in [9.17, 15) is 14.7 Å². The summed E-state index contributed by atoms with van der Waals surface area (Å²) in [5, 5.41) is 12.6. The number of pyridine rings is 1. The van der Waals surface area contributed by atoms with E-state index in [0.717, 1.165) is 0 Å². The summed E-state index contributed by atoms with van der Waals surface area (Å²) in [6.45, 7) is 5.02. The second-order valence-corrected chi connectivity index (χ2v) is 6.59. The molecule has 0 aliphatic heterocycles. The molecular weight excluding hydrogens is 392 g/mol. The van der Waals surface area contributed by atoms with Crippen molar-refractivity contribution in [2.45, 2.75) is 38.5 Å². The number of ether oxygens (including phenoxy) is 2. The van der Waals surface area contributed by atoms with E-state index < -0.39 is 35.9 Å². The number of carbonyl (C=O) groups is 2. The van der Waals surface area contributed by atoms with Gasteiger partial charge in [0.1, 0.15) is 16.3 Å². The molecule has 1 rings (SSSR count). The lowest BCUT2D eigenvalue weighted by Crippen LogP contribution is -2.47. The average Bonchev–Trinajstić information content (AvgIpc) is 2.43. The SMILES string of the molecule is CC(C)(C)OC(=O)NC(C(=O)OCCl)C(O)c1ccc(Br)nc1. The minimum absolute atomic E-state index is 0.320. The second-order valence-electron chi connectivity index (χ2n) is 5.56. The molecule has 7 nitrogen and oxygen atoms in total. The maximum Gasteiger partial charge on any atom is 0.408 e. The van der Waals surface area contributed by atoms with Crippen LogP contribution in [0.15, 0.2) is 22.9 Å². The Balaban J connectivity index is 2.93. The van der Waals surface area contributed by atoms with Gasteiger partial charge < -0.3 is 19.9 Å². The fourth-order valence-corrected chi connectivity index (χ4v) is 1.94. The standard InChI is InChI=1S/C14H18BrClN2O5/c1-14(2,3)23-13(21)18-10(12(20)22-7-16)11(19)8-4-5-9(15)17-6-8/h4-6,10-11,19H,7H2,1-3H3,(H,18,21). The lowest BCUT2D eigenvalue weighted by Gasteiger charge is -2.25. The lowest BCUT2D eigenvalue weighted by molar-refractivity contribution is -0.147. The van der Waals surface area contributed by atoms with Crippen LogP contribution in [0, 0.1) is 0 Å². The van der Waals surface area contributed by atoms with E-state index in [-0.39, 0.29) is 0 Å². The molecular formula is C14H18BrClN2O5. The van der Waals surface area contributed by atoms with Crippen molar-refractivity contribution < 1.29 is 24.2 Å². The molecule has 1 aromatic heterocycles. The molecule has 2 N–H and O–H groups in total. The zero-order valence-electron chi connectivity index (χ0n) is 12.9. The molecule has 0 saturated heterocycles. The van der Waals surface area contributed by atoms with Gasteiger partial charge in [0.25, 0.3) is 0 Å². The van der Waals surface area contributed by atoms with Crippen LogP contribution in [0.5, 0.6) is 0 Å². The normalized spacial score (nSPS) is 13.8. The van der Waals surface area contributed by atoms with E-state index in [1.807, 2.05) is 0 Å². The maximum atomic E-state index is 12.0. The van der Waals surface area contributed by atoms with Crippen LogP contribution in [-0.4, -0.2) is 39.9 Å². The highest BCUT2D eigenvalue weighted by atomic mass is 79.9. The number of alkyl halides is 1. The van der Waals surface area contributed by atoms with Crippen molar-refractivity contribution in [3.63, 3.8) is 0 Å². The van der Waals surface area contributed by atoms with E-state index >= 15 is 0 Å². The number of aliphatic hydroxyl groups is 1. The van der Waals surface area contributed by atoms with Gasteiger partial charge in [0, 0.05) is 11.8 Å². The van der Waals surface area contributed by atoms with Crippen LogP contribution >= 0.6 is 27.5 Å². The van der Waals surface area contributed by atoms with Crippen LogP contribution in [0.25, 0.3) is 0 Å². The average molecular weight is 410 g/mol. The fourth-order valence-electron chi connectivity index (χ4n) is 1.60. The van der Waals surface area contributed by atoms with Crippen LogP contribution < -0.4 is 5.32 Å². The number of esters is 1. The topological polar surface area (TPSA) is 97.8 Å². The summed E-state index contributed by atoms with van der Waals surface area (Å²) in [6, 6.07) is 1.36. The first-order valence-electron chi connectivity index (χ1n) is 6.65. The third-order valence-electron chi connectivity index (χ3n) is 2.53. The molecule has 128 valence electrons. The number of carbonyl (C=O) groups excluding carboxylic acids is 2. The van der Waals surface area contributed by atoms with Crippen molar-refractivity contribution in [3.05, 3.63) is 28.5 Å². The lowest BCUT2D eigenvalue weighted by atomic mass is 10.0. The number of rotatable bonds is 5. The van der Waals surface area contributed by atoms with E-state index in [1.54, 1.807) is 32.9 Å². The third-order valence-corrected chi connectivity index (χ3v) is 3.11. The highest BCUT2D eigenvalue weighted by molar-refractivity contribution is 9.10. The number of amides is 1. The van der Waals surface area contributed by atoms with Gasteiger partial charge in [-0.2, -0.15) is 0 Å². The molecule has 2 atom stereocenters. The first-order valence-corrected chi connectivity index (χ1v) is 7.98. The van der Waals surface area contributed by atoms with E-state index in [0.29, 0.717) is 10.2 Å². The zero-order valence-corrected chi connectivity index (χ0v) is 15.2. The Morgan fingerprint density at radius 2 is 2.09 bits per heavy atom. The molecule has 0 aliphatic carbocycles. The Labute approximate surface area is 147 Å². The number of hydrogen-bond acceptors (Lipinski definition) is 6. The van der Waals surface area contributed by atoms with E-state index in [1.165, 1.54) is 6.20 Å². The van der Waals surface area contributed by atoms with Crippen molar-refractivity contribution in [3.8, 4) is 0 Å². The second kappa shape index (κ2) is 8.47. The van der Waals surface area contributed by atoms with Crippen molar-refractivity contribution in [2.75, 3.05) is 6.07 Å². The molecule has 0 radical (unpaired) electrons. The van der Waals surface area contributed by atoms with Crippen LogP contribution in [0.3, 0.4) is 0 Å². The predicted molar refractivity (Wildman–Crippen MR) is 86.9 cm³/mol. The number of aliphatic hydroxyl groups excluding tert-OH is 1. The molecule has 0 bridgehead atoms. The molecule has 9 heteroatoms. The maximum absolute atomic E-state index is 12.0. The summed E-state index contributed by atoms with van der Waals surface area (Å²) in [4.78, 5) is 27.8. The van der Waals surface area contributed by atoms with Crippen molar-refractivity contribution in [2.24, 2.45) is 0 Å². The van der Waals surface area contributed by atoms with Crippen molar-refractivity contribution >= 4 is 39.6 Å². The first kappa shape index (κ1) is 19.7. The van der Waals surface area contributed by atoms with Gasteiger partial charge in [-0.1, -0.05) is 17.7 Å². The molecule has 1 aromatic rings. The molecule has 1 heterocycles. The Hall–Kier alpha value is -1.38. The summed E-state index contributed by atoms with van der Waals surface area (Å²) < 4.78 is 10.3. The van der Waals surface area contributed by atoms with Gasteiger partial charge in [-0.15, -0.1) is 0 Å². The largest absolute Gasteiger partial charge is 0.448 e. The van der Waals surface area contributed by atoms with Crippen molar-refractivity contribution in [1.29, 1.82) is 0 Å². The molecule has 23 heavy (non-hydrogen) atoms. The van der Waals surface area contributed by atoms with Crippen LogP contribution in [-0.2, 0) is 14.3 Å². The number of aromatic nitrogens is 1. The Morgan fingerprint density at radius 1 is 1.43 bits per heavy atom. The van der Waals surface area contributed by atoms with Crippen LogP contribution in [0.1, 0.15) is 32.4 Å². The van der Waals surface area contributed by atoms with Gasteiger partial charge in [0.2, 0.25) is 0 Å². The molecule has 0 saturated carbocycles. The first-order chi connectivity index (χ1) is 10.6. The highest BCUT2D eigenvalue weighted by Gasteiger charge is 2.33. The van der Waals surface area contributed by atoms with E-state index in [2.05, 4.69) is 31.0 Å². The van der Waals surface area contributed by atoms with Crippen LogP contribution in [0.2, 0.25) is 0 Å². The van der Waals surface area contributed by atoms with E-state index in [4.69, 9.17) is 16.3 Å². The molecule has 0 aliphatic rings.